The first kappa shape index (κ1) is 21.0. The summed E-state index contributed by atoms with van der Waals surface area (Å²) in [7, 11) is -2.03. The van der Waals surface area contributed by atoms with E-state index in [2.05, 4.69) is 10.0 Å². The number of carbonyl (C=O) groups is 3. The molecule has 0 saturated carbocycles. The van der Waals surface area contributed by atoms with Crippen molar-refractivity contribution < 1.29 is 27.5 Å². The summed E-state index contributed by atoms with van der Waals surface area (Å²) in [6, 6.07) is 6.49. The van der Waals surface area contributed by atoms with Crippen molar-refractivity contribution in [2.75, 3.05) is 32.1 Å². The van der Waals surface area contributed by atoms with Gasteiger partial charge in [-0.3, -0.25) is 19.3 Å². The molecule has 9 nitrogen and oxygen atoms in total. The molecule has 1 saturated heterocycles. The Morgan fingerprint density at radius 3 is 2.59 bits per heavy atom. The van der Waals surface area contributed by atoms with Gasteiger partial charge >= 0.3 is 0 Å². The fraction of sp³-hybridized carbons (Fsp3) is 0.471. The number of benzene rings is 1. The molecule has 1 aliphatic rings. The number of rotatable bonds is 10. The van der Waals surface area contributed by atoms with Crippen LogP contribution in [0.3, 0.4) is 0 Å². The molecule has 1 aromatic carbocycles. The summed E-state index contributed by atoms with van der Waals surface area (Å²) in [6.45, 7) is 0.502. The molecule has 10 heteroatoms. The number of carbonyl (C=O) groups excluding carboxylic acids is 3. The normalized spacial score (nSPS) is 14.6. The molecule has 0 aliphatic carbocycles. The minimum absolute atomic E-state index is 0.0153. The maximum atomic E-state index is 12.0. The van der Waals surface area contributed by atoms with Gasteiger partial charge in [0.05, 0.1) is 12.4 Å². The van der Waals surface area contributed by atoms with Crippen LogP contribution in [-0.4, -0.2) is 57.8 Å². The predicted molar refractivity (Wildman–Crippen MR) is 98.1 cm³/mol. The van der Waals surface area contributed by atoms with E-state index in [0.29, 0.717) is 11.3 Å². The van der Waals surface area contributed by atoms with Gasteiger partial charge in [0.15, 0.2) is 0 Å². The summed E-state index contributed by atoms with van der Waals surface area (Å²) >= 11 is 0. The van der Waals surface area contributed by atoms with Gasteiger partial charge in [-0.2, -0.15) is 0 Å². The summed E-state index contributed by atoms with van der Waals surface area (Å²) < 4.78 is 31.2. The Morgan fingerprint density at radius 2 is 1.93 bits per heavy atom. The quantitative estimate of drug-likeness (QED) is 0.431. The van der Waals surface area contributed by atoms with Gasteiger partial charge in [0.1, 0.15) is 0 Å². The van der Waals surface area contributed by atoms with Gasteiger partial charge in [0, 0.05) is 45.1 Å². The molecule has 0 bridgehead atoms. The highest BCUT2D eigenvalue weighted by Gasteiger charge is 2.28. The van der Waals surface area contributed by atoms with Crippen molar-refractivity contribution in [3.8, 4) is 0 Å². The monoisotopic (exact) mass is 397 g/mol. The Hall–Kier alpha value is -2.30. The van der Waals surface area contributed by atoms with Crippen LogP contribution >= 0.6 is 0 Å². The number of sulfonamides is 1. The lowest BCUT2D eigenvalue weighted by Crippen LogP contribution is -2.32. The van der Waals surface area contributed by atoms with Crippen LogP contribution in [-0.2, 0) is 34.9 Å². The van der Waals surface area contributed by atoms with E-state index in [4.69, 9.17) is 4.74 Å². The number of nitrogens with one attached hydrogen (secondary N) is 2. The lowest BCUT2D eigenvalue weighted by Gasteiger charge is -2.13. The zero-order chi connectivity index (χ0) is 19.9. The molecule has 2 rings (SSSR count). The molecular weight excluding hydrogens is 374 g/mol. The van der Waals surface area contributed by atoms with Gasteiger partial charge in [-0.05, 0) is 17.7 Å². The van der Waals surface area contributed by atoms with E-state index in [9.17, 15) is 22.8 Å². The van der Waals surface area contributed by atoms with Gasteiger partial charge in [-0.25, -0.2) is 13.1 Å². The lowest BCUT2D eigenvalue weighted by molar-refractivity contribution is -0.138. The first-order valence-corrected chi connectivity index (χ1v) is 10.1. The topological polar surface area (TPSA) is 122 Å². The Bertz CT molecular complexity index is 793. The third-order valence-corrected chi connectivity index (χ3v) is 5.27. The van der Waals surface area contributed by atoms with Crippen LogP contribution in [0.25, 0.3) is 0 Å². The highest BCUT2D eigenvalue weighted by molar-refractivity contribution is 7.88. The second kappa shape index (κ2) is 9.58. The van der Waals surface area contributed by atoms with Crippen molar-refractivity contribution in [3.05, 3.63) is 29.8 Å². The van der Waals surface area contributed by atoms with Crippen LogP contribution in [0.1, 0.15) is 24.8 Å². The molecule has 0 spiro atoms. The smallest absolute Gasteiger partial charge is 0.229 e. The number of methoxy groups -OCH3 is 1. The Labute approximate surface area is 158 Å². The van der Waals surface area contributed by atoms with E-state index in [1.165, 1.54) is 7.11 Å². The number of likely N-dealkylation sites (tertiary alicyclic amines) is 1. The van der Waals surface area contributed by atoms with Gasteiger partial charge in [-0.1, -0.05) is 12.1 Å². The zero-order valence-electron chi connectivity index (χ0n) is 15.1. The molecule has 1 fully saturated rings. The van der Waals surface area contributed by atoms with Crippen molar-refractivity contribution in [3.63, 3.8) is 0 Å². The molecule has 0 atom stereocenters. The van der Waals surface area contributed by atoms with Crippen molar-refractivity contribution >= 4 is 33.4 Å². The molecule has 1 heterocycles. The summed E-state index contributed by atoms with van der Waals surface area (Å²) in [5.74, 6) is -1.11. The fourth-order valence-corrected chi connectivity index (χ4v) is 3.73. The molecule has 1 aromatic rings. The van der Waals surface area contributed by atoms with Crippen LogP contribution in [0.2, 0.25) is 0 Å². The standard InChI is InChI=1S/C17H23N3O6S/c1-26-10-8-18-27(24,25)12-13-3-2-4-14(11-13)19-15(21)7-9-20-16(22)5-6-17(20)23/h2-4,11,18H,5-10,12H2,1H3,(H,19,21). The van der Waals surface area contributed by atoms with Crippen molar-refractivity contribution in [2.24, 2.45) is 0 Å². The van der Waals surface area contributed by atoms with Crippen LogP contribution in [0.5, 0.6) is 0 Å². The molecule has 148 valence electrons. The summed E-state index contributed by atoms with van der Waals surface area (Å²) in [6.07, 6.45) is 0.364. The number of imide groups is 1. The van der Waals surface area contributed by atoms with E-state index in [0.717, 1.165) is 4.90 Å². The maximum Gasteiger partial charge on any atom is 0.229 e. The summed E-state index contributed by atoms with van der Waals surface area (Å²) in [4.78, 5) is 36.2. The lowest BCUT2D eigenvalue weighted by atomic mass is 10.2. The predicted octanol–water partition coefficient (Wildman–Crippen LogP) is 0.230. The minimum atomic E-state index is -3.51. The van der Waals surface area contributed by atoms with Crippen LogP contribution < -0.4 is 10.0 Å². The average Bonchev–Trinajstić information content (AvgIpc) is 2.91. The van der Waals surface area contributed by atoms with E-state index >= 15 is 0 Å². The van der Waals surface area contributed by atoms with E-state index < -0.39 is 10.0 Å². The second-order valence-electron chi connectivity index (χ2n) is 6.08. The fourth-order valence-electron chi connectivity index (χ4n) is 2.62. The maximum absolute atomic E-state index is 12.0. The number of ether oxygens (including phenoxy) is 1. The van der Waals surface area contributed by atoms with E-state index in [-0.39, 0.29) is 62.4 Å². The molecule has 27 heavy (non-hydrogen) atoms. The second-order valence-corrected chi connectivity index (χ2v) is 7.89. The molecular formula is C17H23N3O6S. The van der Waals surface area contributed by atoms with Crippen LogP contribution in [0.15, 0.2) is 24.3 Å². The third kappa shape index (κ3) is 6.74. The van der Waals surface area contributed by atoms with E-state index in [1.54, 1.807) is 24.3 Å². The molecule has 1 aliphatic heterocycles. The van der Waals surface area contributed by atoms with Gasteiger partial charge in [-0.15, -0.1) is 0 Å². The average molecular weight is 397 g/mol. The minimum Gasteiger partial charge on any atom is -0.383 e. The van der Waals surface area contributed by atoms with Crippen molar-refractivity contribution in [1.82, 2.24) is 9.62 Å². The summed E-state index contributed by atoms with van der Waals surface area (Å²) in [5.41, 5.74) is 0.964. The number of nitrogens with zero attached hydrogens (tertiary/aromatic N) is 1. The third-order valence-electron chi connectivity index (χ3n) is 3.91. The van der Waals surface area contributed by atoms with Crippen LogP contribution in [0, 0.1) is 0 Å². The van der Waals surface area contributed by atoms with Crippen molar-refractivity contribution in [2.45, 2.75) is 25.0 Å². The van der Waals surface area contributed by atoms with E-state index in [1.807, 2.05) is 0 Å². The number of hydrogen-bond donors (Lipinski definition) is 2. The Balaban J connectivity index is 1.88. The highest BCUT2D eigenvalue weighted by atomic mass is 32.2. The van der Waals surface area contributed by atoms with Gasteiger partial charge in [0.2, 0.25) is 27.7 Å². The molecule has 0 aromatic heterocycles. The first-order chi connectivity index (χ1) is 12.8. The molecule has 3 amide bonds. The van der Waals surface area contributed by atoms with Gasteiger partial charge < -0.3 is 10.1 Å². The summed E-state index contributed by atoms with van der Waals surface area (Å²) in [5, 5.41) is 2.65. The van der Waals surface area contributed by atoms with Gasteiger partial charge in [0.25, 0.3) is 0 Å². The number of hydrogen-bond acceptors (Lipinski definition) is 6. The first-order valence-electron chi connectivity index (χ1n) is 8.49. The SMILES string of the molecule is COCCNS(=O)(=O)Cc1cccc(NC(=O)CCN2C(=O)CCC2=O)c1. The van der Waals surface area contributed by atoms with Crippen molar-refractivity contribution in [1.29, 1.82) is 0 Å². The van der Waals surface area contributed by atoms with Crippen LogP contribution in [0.4, 0.5) is 5.69 Å². The Kier molecular flexibility index (Phi) is 7.45. The highest BCUT2D eigenvalue weighted by Crippen LogP contribution is 2.15. The largest absolute Gasteiger partial charge is 0.383 e. The number of amides is 3. The molecule has 0 radical (unpaired) electrons. The molecule has 0 unspecified atom stereocenters. The Morgan fingerprint density at radius 1 is 1.22 bits per heavy atom. The molecule has 2 N–H and O–H groups in total. The zero-order valence-corrected chi connectivity index (χ0v) is 15.9. The number of anilines is 1.